The highest BCUT2D eigenvalue weighted by atomic mass is 16.8. The summed E-state index contributed by atoms with van der Waals surface area (Å²) in [5.41, 5.74) is 0.0333. The van der Waals surface area contributed by atoms with Crippen molar-refractivity contribution in [3.8, 4) is 0 Å². The van der Waals surface area contributed by atoms with E-state index in [1.165, 1.54) is 0 Å². The Balaban J connectivity index is 1.89. The molecule has 2 N–H and O–H groups in total. The smallest absolute Gasteiger partial charge is 0.216 e. The summed E-state index contributed by atoms with van der Waals surface area (Å²) in [5.74, 6) is -0.867. The van der Waals surface area contributed by atoms with Crippen LogP contribution < -0.4 is 5.32 Å². The summed E-state index contributed by atoms with van der Waals surface area (Å²) in [4.78, 5) is 0. The average Bonchev–Trinajstić information content (AvgIpc) is 2.36. The van der Waals surface area contributed by atoms with Crippen LogP contribution in [-0.4, -0.2) is 68.2 Å². The number of rotatable bonds is 3. The average molecular weight is 275 g/mol. The summed E-state index contributed by atoms with van der Waals surface area (Å²) in [5, 5.41) is 12.6. The third-order valence-corrected chi connectivity index (χ3v) is 3.08. The molecule has 2 fully saturated rings. The Morgan fingerprint density at radius 2 is 1.68 bits per heavy atom. The number of nitrogens with one attached hydrogen (secondary N) is 1. The van der Waals surface area contributed by atoms with Crippen molar-refractivity contribution >= 4 is 0 Å². The molecular formula is C13H25NO5. The van der Waals surface area contributed by atoms with Gasteiger partial charge in [0, 0.05) is 12.1 Å². The van der Waals surface area contributed by atoms with Crippen LogP contribution in [0.2, 0.25) is 0 Å². The van der Waals surface area contributed by atoms with Crippen molar-refractivity contribution in [3.05, 3.63) is 0 Å². The predicted octanol–water partition coefficient (Wildman–Crippen LogP) is -0.106. The van der Waals surface area contributed by atoms with Gasteiger partial charge in [0.05, 0.1) is 25.9 Å². The second kappa shape index (κ2) is 6.03. The van der Waals surface area contributed by atoms with E-state index in [4.69, 9.17) is 24.1 Å². The highest BCUT2D eigenvalue weighted by Crippen LogP contribution is 2.27. The Morgan fingerprint density at radius 3 is 2.26 bits per heavy atom. The van der Waals surface area contributed by atoms with Gasteiger partial charge in [-0.05, 0) is 20.8 Å². The lowest BCUT2D eigenvalue weighted by Crippen LogP contribution is -2.60. The summed E-state index contributed by atoms with van der Waals surface area (Å²) in [6.45, 7) is 8.56. The van der Waals surface area contributed by atoms with Gasteiger partial charge in [-0.1, -0.05) is 0 Å². The Bertz CT molecular complexity index is 289. The van der Waals surface area contributed by atoms with Crippen LogP contribution in [0.25, 0.3) is 0 Å². The number of aliphatic hydroxyl groups is 1. The van der Waals surface area contributed by atoms with Gasteiger partial charge in [0.1, 0.15) is 19.3 Å². The lowest BCUT2D eigenvalue weighted by atomic mass is 10.1. The second-order valence-electron chi connectivity index (χ2n) is 6.23. The molecule has 6 nitrogen and oxygen atoms in total. The van der Waals surface area contributed by atoms with Crippen molar-refractivity contribution in [2.45, 2.75) is 44.3 Å². The van der Waals surface area contributed by atoms with Gasteiger partial charge in [0.25, 0.3) is 0 Å². The molecule has 2 saturated heterocycles. The first-order valence-electron chi connectivity index (χ1n) is 6.79. The van der Waals surface area contributed by atoms with Crippen molar-refractivity contribution in [3.63, 3.8) is 0 Å². The SMILES string of the molecule is CC(C)(C)NC[C@@H]1COC[C@]2(COC[C@@H](CO)O2)O1. The normalized spacial score (nSPS) is 36.6. The van der Waals surface area contributed by atoms with E-state index < -0.39 is 5.79 Å². The maximum atomic E-state index is 9.17. The van der Waals surface area contributed by atoms with Crippen LogP contribution in [0.4, 0.5) is 0 Å². The zero-order valence-corrected chi connectivity index (χ0v) is 12.0. The fraction of sp³-hybridized carbons (Fsp3) is 1.00. The van der Waals surface area contributed by atoms with Gasteiger partial charge in [-0.3, -0.25) is 0 Å². The third-order valence-electron chi connectivity index (χ3n) is 3.08. The van der Waals surface area contributed by atoms with E-state index in [0.717, 1.165) is 0 Å². The summed E-state index contributed by atoms with van der Waals surface area (Å²) in [6.07, 6.45) is -0.416. The Kier molecular flexibility index (Phi) is 4.81. The molecule has 2 heterocycles. The van der Waals surface area contributed by atoms with E-state index in [0.29, 0.717) is 33.0 Å². The van der Waals surface area contributed by atoms with Crippen molar-refractivity contribution in [1.82, 2.24) is 5.32 Å². The molecule has 6 heteroatoms. The largest absolute Gasteiger partial charge is 0.394 e. The highest BCUT2D eigenvalue weighted by molar-refractivity contribution is 4.83. The molecule has 0 unspecified atom stereocenters. The summed E-state index contributed by atoms with van der Waals surface area (Å²) in [7, 11) is 0. The lowest BCUT2D eigenvalue weighted by molar-refractivity contribution is -0.371. The molecule has 3 atom stereocenters. The molecule has 2 rings (SSSR count). The topological polar surface area (TPSA) is 69.2 Å². The van der Waals surface area contributed by atoms with Gasteiger partial charge in [0.2, 0.25) is 5.79 Å². The Hall–Kier alpha value is -0.240. The second-order valence-corrected chi connectivity index (χ2v) is 6.23. The summed E-state index contributed by atoms with van der Waals surface area (Å²) >= 11 is 0. The standard InChI is InChI=1S/C13H25NO5/c1-12(2,3)14-4-10-6-16-8-13(18-10)9-17-7-11(5-15)19-13/h10-11,14-15H,4-9H2,1-3H3/t10-,11-,13+/m1/s1. The van der Waals surface area contributed by atoms with Crippen LogP contribution in [0.5, 0.6) is 0 Å². The molecule has 19 heavy (non-hydrogen) atoms. The van der Waals surface area contributed by atoms with Gasteiger partial charge in [0.15, 0.2) is 0 Å². The fourth-order valence-electron chi connectivity index (χ4n) is 2.18. The van der Waals surface area contributed by atoms with Crippen LogP contribution in [0, 0.1) is 0 Å². The quantitative estimate of drug-likeness (QED) is 0.749. The molecule has 2 aliphatic rings. The maximum Gasteiger partial charge on any atom is 0.216 e. The fourth-order valence-corrected chi connectivity index (χ4v) is 2.18. The molecular weight excluding hydrogens is 250 g/mol. The lowest BCUT2D eigenvalue weighted by Gasteiger charge is -2.45. The van der Waals surface area contributed by atoms with E-state index in [1.54, 1.807) is 0 Å². The van der Waals surface area contributed by atoms with Crippen LogP contribution >= 0.6 is 0 Å². The number of aliphatic hydroxyl groups excluding tert-OH is 1. The maximum absolute atomic E-state index is 9.17. The first-order chi connectivity index (χ1) is 8.92. The van der Waals surface area contributed by atoms with Crippen molar-refractivity contribution < 1.29 is 24.1 Å². The molecule has 1 spiro atoms. The van der Waals surface area contributed by atoms with Crippen molar-refractivity contribution in [2.75, 3.05) is 39.6 Å². The predicted molar refractivity (Wildman–Crippen MR) is 69.0 cm³/mol. The third kappa shape index (κ3) is 4.37. The van der Waals surface area contributed by atoms with Crippen LogP contribution in [0.3, 0.4) is 0 Å². The molecule has 0 aromatic rings. The number of hydrogen-bond donors (Lipinski definition) is 2. The minimum atomic E-state index is -0.867. The Morgan fingerprint density at radius 1 is 1.11 bits per heavy atom. The van der Waals surface area contributed by atoms with Gasteiger partial charge < -0.3 is 29.4 Å². The monoisotopic (exact) mass is 275 g/mol. The zero-order valence-electron chi connectivity index (χ0n) is 12.0. The number of ether oxygens (including phenoxy) is 4. The van der Waals surface area contributed by atoms with Crippen molar-refractivity contribution in [2.24, 2.45) is 0 Å². The van der Waals surface area contributed by atoms with Gasteiger partial charge >= 0.3 is 0 Å². The van der Waals surface area contributed by atoms with Crippen LogP contribution in [-0.2, 0) is 18.9 Å². The molecule has 0 aromatic carbocycles. The first-order valence-corrected chi connectivity index (χ1v) is 6.79. The van der Waals surface area contributed by atoms with Crippen molar-refractivity contribution in [1.29, 1.82) is 0 Å². The van der Waals surface area contributed by atoms with E-state index in [1.807, 2.05) is 0 Å². The van der Waals surface area contributed by atoms with E-state index in [2.05, 4.69) is 26.1 Å². The van der Waals surface area contributed by atoms with Crippen LogP contribution in [0.15, 0.2) is 0 Å². The molecule has 0 aromatic heterocycles. The minimum absolute atomic E-state index is 0.0333. The van der Waals surface area contributed by atoms with Crippen LogP contribution in [0.1, 0.15) is 20.8 Å². The van der Waals surface area contributed by atoms with E-state index >= 15 is 0 Å². The first kappa shape index (κ1) is 15.2. The number of hydrogen-bond acceptors (Lipinski definition) is 6. The molecule has 0 amide bonds. The Labute approximate surface area is 114 Å². The molecule has 0 bridgehead atoms. The van der Waals surface area contributed by atoms with E-state index in [-0.39, 0.29) is 24.4 Å². The van der Waals surface area contributed by atoms with Gasteiger partial charge in [-0.15, -0.1) is 0 Å². The van der Waals surface area contributed by atoms with Gasteiger partial charge in [-0.25, -0.2) is 0 Å². The van der Waals surface area contributed by atoms with E-state index in [9.17, 15) is 0 Å². The summed E-state index contributed by atoms with van der Waals surface area (Å²) < 4.78 is 22.8. The molecule has 112 valence electrons. The summed E-state index contributed by atoms with van der Waals surface area (Å²) in [6, 6.07) is 0. The van der Waals surface area contributed by atoms with Gasteiger partial charge in [-0.2, -0.15) is 0 Å². The highest BCUT2D eigenvalue weighted by Gasteiger charge is 2.44. The molecule has 0 saturated carbocycles. The molecule has 0 aliphatic carbocycles. The molecule has 0 radical (unpaired) electrons. The zero-order chi connectivity index (χ0) is 13.9. The minimum Gasteiger partial charge on any atom is -0.394 e. The molecule has 2 aliphatic heterocycles.